The third-order valence-corrected chi connectivity index (χ3v) is 10.3. The summed E-state index contributed by atoms with van der Waals surface area (Å²) in [6, 6.07) is 56.5. The average Bonchev–Trinajstić information content (AvgIpc) is 3.32. The first-order chi connectivity index (χ1) is 22.5. The summed E-state index contributed by atoms with van der Waals surface area (Å²) in [5.74, 6) is 0. The molecule has 0 atom stereocenters. The quantitative estimate of drug-likeness (QED) is 0.181. The fourth-order valence-corrected chi connectivity index (χ4v) is 8.11. The van der Waals surface area contributed by atoms with Crippen LogP contribution in [-0.2, 0) is 5.41 Å². The van der Waals surface area contributed by atoms with Gasteiger partial charge >= 0.3 is 0 Å². The fraction of sp³-hybridized carbons (Fsp3) is 0.0870. The van der Waals surface area contributed by atoms with E-state index in [0.717, 1.165) is 0 Å². The molecule has 0 nitrogen and oxygen atoms in total. The second kappa shape index (κ2) is 10.0. The second-order valence-electron chi connectivity index (χ2n) is 13.4. The molecule has 0 heterocycles. The summed E-state index contributed by atoms with van der Waals surface area (Å²) in [5.41, 5.74) is 14.4. The Morgan fingerprint density at radius 1 is 0.370 bits per heavy atom. The Morgan fingerprint density at radius 2 is 0.957 bits per heavy atom. The van der Waals surface area contributed by atoms with E-state index in [1.807, 2.05) is 0 Å². The smallest absolute Gasteiger partial charge is 0.0158 e. The number of hydrogen-bond acceptors (Lipinski definition) is 0. The van der Waals surface area contributed by atoms with E-state index in [9.17, 15) is 0 Å². The molecule has 0 aliphatic heterocycles. The van der Waals surface area contributed by atoms with Gasteiger partial charge in [-0.05, 0) is 107 Å². The lowest BCUT2D eigenvalue weighted by Crippen LogP contribution is -2.14. The van der Waals surface area contributed by atoms with Gasteiger partial charge in [-0.25, -0.2) is 0 Å². The van der Waals surface area contributed by atoms with Crippen molar-refractivity contribution in [3.05, 3.63) is 168 Å². The van der Waals surface area contributed by atoms with Crippen molar-refractivity contribution in [3.8, 4) is 44.5 Å². The van der Waals surface area contributed by atoms with E-state index in [1.54, 1.807) is 0 Å². The molecule has 9 rings (SSSR count). The zero-order valence-corrected chi connectivity index (χ0v) is 26.4. The third kappa shape index (κ3) is 3.93. The maximum absolute atomic E-state index is 2.45. The van der Waals surface area contributed by atoms with Crippen LogP contribution in [0, 0.1) is 6.92 Å². The monoisotopic (exact) mass is 586 g/mol. The highest BCUT2D eigenvalue weighted by molar-refractivity contribution is 6.22. The van der Waals surface area contributed by atoms with Gasteiger partial charge in [0.1, 0.15) is 0 Å². The first-order valence-electron chi connectivity index (χ1n) is 16.3. The molecular formula is C46H34. The van der Waals surface area contributed by atoms with Gasteiger partial charge in [-0.3, -0.25) is 0 Å². The van der Waals surface area contributed by atoms with Gasteiger partial charge in [0.05, 0.1) is 0 Å². The first kappa shape index (κ1) is 26.9. The highest BCUT2D eigenvalue weighted by Crippen LogP contribution is 2.51. The number of hydrogen-bond donors (Lipinski definition) is 0. The van der Waals surface area contributed by atoms with Crippen molar-refractivity contribution in [1.29, 1.82) is 0 Å². The second-order valence-corrected chi connectivity index (χ2v) is 13.4. The van der Waals surface area contributed by atoms with Crippen molar-refractivity contribution >= 4 is 32.3 Å². The highest BCUT2D eigenvalue weighted by atomic mass is 14.4. The summed E-state index contributed by atoms with van der Waals surface area (Å²) in [6.45, 7) is 6.92. The zero-order chi connectivity index (χ0) is 31.0. The van der Waals surface area contributed by atoms with Crippen LogP contribution in [0.4, 0.5) is 0 Å². The number of benzene rings is 8. The Hall–Kier alpha value is -5.46. The van der Waals surface area contributed by atoms with E-state index >= 15 is 0 Å². The highest BCUT2D eigenvalue weighted by Gasteiger charge is 2.35. The molecule has 0 saturated carbocycles. The van der Waals surface area contributed by atoms with Crippen LogP contribution < -0.4 is 0 Å². The van der Waals surface area contributed by atoms with Gasteiger partial charge in [-0.2, -0.15) is 0 Å². The Morgan fingerprint density at radius 3 is 1.80 bits per heavy atom. The van der Waals surface area contributed by atoms with E-state index in [0.29, 0.717) is 0 Å². The molecule has 0 N–H and O–H groups in total. The minimum Gasteiger partial charge on any atom is -0.0619 e. The Balaban J connectivity index is 1.32. The van der Waals surface area contributed by atoms with Crippen LogP contribution in [0.1, 0.15) is 30.5 Å². The SMILES string of the molecule is Cc1ccc2c(-c3cccc(-c4cccc5ccccc45)c3)c3ccccc3c(-c3ccc4c(c3)-c3ccccc3C4(C)C)c2c1. The lowest BCUT2D eigenvalue weighted by Gasteiger charge is -2.22. The van der Waals surface area contributed by atoms with Crippen molar-refractivity contribution in [1.82, 2.24) is 0 Å². The van der Waals surface area contributed by atoms with Crippen LogP contribution in [0.2, 0.25) is 0 Å². The summed E-state index contributed by atoms with van der Waals surface area (Å²) >= 11 is 0. The molecule has 0 unspecified atom stereocenters. The molecule has 8 aromatic rings. The molecule has 0 bridgehead atoms. The van der Waals surface area contributed by atoms with Gasteiger partial charge < -0.3 is 0 Å². The van der Waals surface area contributed by atoms with Crippen LogP contribution in [0.3, 0.4) is 0 Å². The third-order valence-electron chi connectivity index (χ3n) is 10.3. The minimum atomic E-state index is -0.00979. The topological polar surface area (TPSA) is 0 Å². The van der Waals surface area contributed by atoms with E-state index in [1.165, 1.54) is 93.5 Å². The fourth-order valence-electron chi connectivity index (χ4n) is 8.11. The first-order valence-corrected chi connectivity index (χ1v) is 16.3. The minimum absolute atomic E-state index is 0.00979. The molecule has 0 saturated heterocycles. The molecule has 0 spiro atoms. The number of aryl methyl sites for hydroxylation is 1. The van der Waals surface area contributed by atoms with E-state index < -0.39 is 0 Å². The van der Waals surface area contributed by atoms with Crippen molar-refractivity contribution in [3.63, 3.8) is 0 Å². The van der Waals surface area contributed by atoms with Crippen molar-refractivity contribution < 1.29 is 0 Å². The molecule has 0 aromatic heterocycles. The maximum atomic E-state index is 2.45. The van der Waals surface area contributed by atoms with E-state index in [4.69, 9.17) is 0 Å². The molecular weight excluding hydrogens is 553 g/mol. The molecule has 0 fully saturated rings. The van der Waals surface area contributed by atoms with Crippen molar-refractivity contribution in [2.45, 2.75) is 26.2 Å². The van der Waals surface area contributed by atoms with Crippen LogP contribution >= 0.6 is 0 Å². The van der Waals surface area contributed by atoms with Crippen molar-refractivity contribution in [2.24, 2.45) is 0 Å². The lowest BCUT2D eigenvalue weighted by molar-refractivity contribution is 0.660. The predicted octanol–water partition coefficient (Wildman–Crippen LogP) is 12.8. The largest absolute Gasteiger partial charge is 0.0619 e. The Labute approximate surface area is 270 Å². The van der Waals surface area contributed by atoms with Gasteiger partial charge in [0.2, 0.25) is 0 Å². The molecule has 1 aliphatic rings. The van der Waals surface area contributed by atoms with Crippen LogP contribution in [0.15, 0.2) is 152 Å². The van der Waals surface area contributed by atoms with Gasteiger partial charge in [0, 0.05) is 5.41 Å². The standard InChI is InChI=1S/C46H34/c1-29-22-24-39-41(26-29)45(33-23-25-43-40(28-33)36-17-8-9-21-42(36)46(43,2)3)38-19-7-6-18-37(38)44(39)32-15-10-14-31(27-32)35-20-11-13-30-12-4-5-16-34(30)35/h4-28H,1-3H3. The Bertz CT molecular complexity index is 2500. The Kier molecular flexibility index (Phi) is 5.86. The van der Waals surface area contributed by atoms with Crippen LogP contribution in [0.25, 0.3) is 76.8 Å². The van der Waals surface area contributed by atoms with E-state index in [2.05, 4.69) is 172 Å². The lowest BCUT2D eigenvalue weighted by atomic mass is 9.81. The summed E-state index contributed by atoms with van der Waals surface area (Å²) in [6.07, 6.45) is 0. The summed E-state index contributed by atoms with van der Waals surface area (Å²) in [4.78, 5) is 0. The number of fused-ring (bicyclic) bond motifs is 6. The molecule has 8 aromatic carbocycles. The summed E-state index contributed by atoms with van der Waals surface area (Å²) in [5, 5.41) is 7.71. The molecule has 46 heavy (non-hydrogen) atoms. The van der Waals surface area contributed by atoms with Crippen molar-refractivity contribution in [2.75, 3.05) is 0 Å². The average molecular weight is 587 g/mol. The maximum Gasteiger partial charge on any atom is 0.0158 e. The van der Waals surface area contributed by atoms with Gasteiger partial charge in [-0.1, -0.05) is 159 Å². The summed E-state index contributed by atoms with van der Waals surface area (Å²) < 4.78 is 0. The molecule has 218 valence electrons. The van der Waals surface area contributed by atoms with Crippen LogP contribution in [-0.4, -0.2) is 0 Å². The summed E-state index contributed by atoms with van der Waals surface area (Å²) in [7, 11) is 0. The van der Waals surface area contributed by atoms with Gasteiger partial charge in [0.15, 0.2) is 0 Å². The molecule has 0 radical (unpaired) electrons. The van der Waals surface area contributed by atoms with Gasteiger partial charge in [-0.15, -0.1) is 0 Å². The van der Waals surface area contributed by atoms with E-state index in [-0.39, 0.29) is 5.41 Å². The molecule has 0 heteroatoms. The number of rotatable bonds is 3. The zero-order valence-electron chi connectivity index (χ0n) is 26.4. The predicted molar refractivity (Wildman–Crippen MR) is 198 cm³/mol. The molecule has 1 aliphatic carbocycles. The van der Waals surface area contributed by atoms with Crippen LogP contribution in [0.5, 0.6) is 0 Å². The normalized spacial score (nSPS) is 13.3. The molecule has 0 amide bonds. The van der Waals surface area contributed by atoms with Gasteiger partial charge in [0.25, 0.3) is 0 Å².